The molecule has 2 fully saturated rings. The number of carbonyl (C=O) groups is 1. The first kappa shape index (κ1) is 19.1. The van der Waals surface area contributed by atoms with Gasteiger partial charge >= 0.3 is 0 Å². The molecule has 8 nitrogen and oxygen atoms in total. The molecule has 158 valence electrons. The van der Waals surface area contributed by atoms with Crippen molar-refractivity contribution in [1.29, 1.82) is 0 Å². The van der Waals surface area contributed by atoms with Crippen LogP contribution in [0.2, 0.25) is 0 Å². The van der Waals surface area contributed by atoms with Gasteiger partial charge in [-0.2, -0.15) is 0 Å². The van der Waals surface area contributed by atoms with Crippen molar-refractivity contribution < 1.29 is 9.53 Å². The third-order valence-electron chi connectivity index (χ3n) is 6.72. The smallest absolute Gasteiger partial charge is 0.250 e. The molecule has 0 saturated carbocycles. The summed E-state index contributed by atoms with van der Waals surface area (Å²) in [6, 6.07) is 9.22. The maximum absolute atomic E-state index is 13.4. The van der Waals surface area contributed by atoms with E-state index in [9.17, 15) is 9.59 Å². The highest BCUT2D eigenvalue weighted by Gasteiger charge is 2.39. The molecule has 3 atom stereocenters. The van der Waals surface area contributed by atoms with E-state index in [2.05, 4.69) is 15.1 Å². The van der Waals surface area contributed by atoms with Crippen LogP contribution in [0.15, 0.2) is 35.1 Å². The van der Waals surface area contributed by atoms with Gasteiger partial charge in [-0.25, -0.2) is 0 Å². The summed E-state index contributed by atoms with van der Waals surface area (Å²) >= 11 is 0. The van der Waals surface area contributed by atoms with E-state index in [1.54, 1.807) is 19.2 Å². The minimum absolute atomic E-state index is 0.0283. The van der Waals surface area contributed by atoms with Crippen LogP contribution < -0.4 is 15.2 Å². The lowest BCUT2D eigenvalue weighted by molar-refractivity contribution is -0.138. The second kappa shape index (κ2) is 7.74. The zero-order chi connectivity index (χ0) is 20.7. The molecule has 8 heteroatoms. The Kier molecular flexibility index (Phi) is 4.92. The van der Waals surface area contributed by atoms with Gasteiger partial charge in [0.2, 0.25) is 11.8 Å². The van der Waals surface area contributed by atoms with Crippen LogP contribution >= 0.6 is 0 Å². The zero-order valence-corrected chi connectivity index (χ0v) is 17.2. The predicted octanol–water partition coefficient (Wildman–Crippen LogP) is 1.51. The Morgan fingerprint density at radius 2 is 2.00 bits per heavy atom. The number of anilines is 1. The Hall–Kier alpha value is -2.90. The molecule has 5 rings (SSSR count). The van der Waals surface area contributed by atoms with Crippen LogP contribution in [-0.2, 0) is 11.3 Å². The lowest BCUT2D eigenvalue weighted by Gasteiger charge is -2.44. The molecule has 1 amide bonds. The summed E-state index contributed by atoms with van der Waals surface area (Å²) in [7, 11) is 1.57. The first-order valence-electron chi connectivity index (χ1n) is 10.7. The highest BCUT2D eigenvalue weighted by Crippen LogP contribution is 2.36. The van der Waals surface area contributed by atoms with Gasteiger partial charge in [0.05, 0.1) is 13.0 Å². The van der Waals surface area contributed by atoms with Crippen molar-refractivity contribution in [2.24, 2.45) is 11.8 Å². The number of pyridine rings is 1. The van der Waals surface area contributed by atoms with Gasteiger partial charge in [0.1, 0.15) is 0 Å². The van der Waals surface area contributed by atoms with Crippen LogP contribution in [0.4, 0.5) is 5.82 Å². The monoisotopic (exact) mass is 409 g/mol. The summed E-state index contributed by atoms with van der Waals surface area (Å²) < 4.78 is 7.00. The summed E-state index contributed by atoms with van der Waals surface area (Å²) in [6.45, 7) is 3.72. The number of hydrogen-bond acceptors (Lipinski definition) is 6. The van der Waals surface area contributed by atoms with Crippen LogP contribution in [0, 0.1) is 11.8 Å². The molecule has 0 aromatic carbocycles. The van der Waals surface area contributed by atoms with E-state index < -0.39 is 0 Å². The Balaban J connectivity index is 1.29. The quantitative estimate of drug-likeness (QED) is 0.765. The third kappa shape index (κ3) is 3.44. The van der Waals surface area contributed by atoms with Crippen LogP contribution in [0.3, 0.4) is 0 Å². The average Bonchev–Trinajstić information content (AvgIpc) is 2.79. The Labute approximate surface area is 175 Å². The minimum Gasteiger partial charge on any atom is -0.480 e. The van der Waals surface area contributed by atoms with Crippen LogP contribution in [0.5, 0.6) is 5.88 Å². The lowest BCUT2D eigenvalue weighted by atomic mass is 9.82. The SMILES string of the molecule is COc1ccc(N2CCC[C@H](C(=O)N3C[C@H]4C[C@@H](C3)c3cccc(=O)n3C4)C2)nn1. The molecule has 0 unspecified atom stereocenters. The summed E-state index contributed by atoms with van der Waals surface area (Å²) in [5, 5.41) is 8.31. The summed E-state index contributed by atoms with van der Waals surface area (Å²) in [4.78, 5) is 29.8. The molecule has 2 bridgehead atoms. The second-order valence-electron chi connectivity index (χ2n) is 8.66. The number of nitrogens with zero attached hydrogens (tertiary/aromatic N) is 5. The molecular weight excluding hydrogens is 382 g/mol. The number of carbonyl (C=O) groups excluding carboxylic acids is 1. The van der Waals surface area contributed by atoms with E-state index in [1.165, 1.54) is 0 Å². The number of methoxy groups -OCH3 is 1. The second-order valence-corrected chi connectivity index (χ2v) is 8.66. The number of hydrogen-bond donors (Lipinski definition) is 0. The number of ether oxygens (including phenoxy) is 1. The number of amides is 1. The number of aromatic nitrogens is 3. The predicted molar refractivity (Wildman–Crippen MR) is 112 cm³/mol. The van der Waals surface area contributed by atoms with Gasteiger partial charge in [0.25, 0.3) is 5.56 Å². The van der Waals surface area contributed by atoms with E-state index in [4.69, 9.17) is 4.74 Å². The fourth-order valence-corrected chi connectivity index (χ4v) is 5.31. The molecule has 3 aliphatic heterocycles. The van der Waals surface area contributed by atoms with Crippen LogP contribution in [0.25, 0.3) is 0 Å². The van der Waals surface area contributed by atoms with Gasteiger partial charge in [0, 0.05) is 56.5 Å². The molecule has 0 N–H and O–H groups in total. The van der Waals surface area contributed by atoms with Crippen molar-refractivity contribution in [1.82, 2.24) is 19.7 Å². The number of fused-ring (bicyclic) bond motifs is 4. The lowest BCUT2D eigenvalue weighted by Crippen LogP contribution is -2.52. The number of piperidine rings is 2. The zero-order valence-electron chi connectivity index (χ0n) is 17.2. The molecule has 0 radical (unpaired) electrons. The van der Waals surface area contributed by atoms with Crippen molar-refractivity contribution in [2.45, 2.75) is 31.7 Å². The Morgan fingerprint density at radius 3 is 2.80 bits per heavy atom. The van der Waals surface area contributed by atoms with Gasteiger partial charge in [-0.1, -0.05) is 6.07 Å². The molecule has 2 saturated heterocycles. The molecule has 0 spiro atoms. The standard InChI is InChI=1S/C22H27N5O3/c1-30-20-8-7-19(23-24-20)25-9-3-4-16(13-25)22(29)26-11-15-10-17(14-26)18-5-2-6-21(28)27(18)12-15/h2,5-8,15-17H,3-4,9-14H2,1H3/t15-,16+,17+/m1/s1. The van der Waals surface area contributed by atoms with E-state index in [0.717, 1.165) is 43.9 Å². The van der Waals surface area contributed by atoms with Gasteiger partial charge in [-0.3, -0.25) is 9.59 Å². The Bertz CT molecular complexity index is 989. The van der Waals surface area contributed by atoms with E-state index in [-0.39, 0.29) is 23.3 Å². The molecule has 30 heavy (non-hydrogen) atoms. The number of likely N-dealkylation sites (tertiary alicyclic amines) is 1. The highest BCUT2D eigenvalue weighted by molar-refractivity contribution is 5.80. The Morgan fingerprint density at radius 1 is 1.10 bits per heavy atom. The first-order valence-corrected chi connectivity index (χ1v) is 10.7. The van der Waals surface area contributed by atoms with Crippen LogP contribution in [0.1, 0.15) is 30.9 Å². The fraction of sp³-hybridized carbons (Fsp3) is 0.545. The summed E-state index contributed by atoms with van der Waals surface area (Å²) in [5.74, 6) is 2.09. The highest BCUT2D eigenvalue weighted by atomic mass is 16.5. The molecule has 3 aliphatic rings. The fourth-order valence-electron chi connectivity index (χ4n) is 5.31. The van der Waals surface area contributed by atoms with Crippen molar-refractivity contribution in [2.75, 3.05) is 38.2 Å². The normalized spacial score (nSPS) is 25.6. The van der Waals surface area contributed by atoms with E-state index in [0.29, 0.717) is 31.4 Å². The molecule has 2 aromatic rings. The van der Waals surface area contributed by atoms with Crippen molar-refractivity contribution in [3.05, 3.63) is 46.4 Å². The maximum atomic E-state index is 13.4. The molecule has 0 aliphatic carbocycles. The van der Waals surface area contributed by atoms with E-state index >= 15 is 0 Å². The topological polar surface area (TPSA) is 80.6 Å². The minimum atomic E-state index is -0.0283. The molecule has 5 heterocycles. The summed E-state index contributed by atoms with van der Waals surface area (Å²) in [5.41, 5.74) is 1.15. The van der Waals surface area contributed by atoms with Crippen molar-refractivity contribution in [3.8, 4) is 5.88 Å². The van der Waals surface area contributed by atoms with Crippen LogP contribution in [-0.4, -0.2) is 58.9 Å². The van der Waals surface area contributed by atoms with Crippen molar-refractivity contribution >= 4 is 11.7 Å². The van der Waals surface area contributed by atoms with Gasteiger partial charge < -0.3 is 19.1 Å². The first-order chi connectivity index (χ1) is 14.6. The largest absolute Gasteiger partial charge is 0.480 e. The van der Waals surface area contributed by atoms with E-state index in [1.807, 2.05) is 27.7 Å². The molecular formula is C22H27N5O3. The van der Waals surface area contributed by atoms with Gasteiger partial charge in [0.15, 0.2) is 5.82 Å². The maximum Gasteiger partial charge on any atom is 0.250 e. The van der Waals surface area contributed by atoms with Crippen molar-refractivity contribution in [3.63, 3.8) is 0 Å². The molecule has 2 aromatic heterocycles. The van der Waals surface area contributed by atoms with Gasteiger partial charge in [-0.05, 0) is 37.3 Å². The summed E-state index contributed by atoms with van der Waals surface area (Å²) in [6.07, 6.45) is 2.93. The van der Waals surface area contributed by atoms with Gasteiger partial charge in [-0.15, -0.1) is 10.2 Å². The average molecular weight is 409 g/mol. The third-order valence-corrected chi connectivity index (χ3v) is 6.72. The number of rotatable bonds is 3.